The number of rotatable bonds is 8. The van der Waals surface area contributed by atoms with Crippen molar-refractivity contribution < 1.29 is 19.1 Å². The Morgan fingerprint density at radius 1 is 0.964 bits per heavy atom. The first kappa shape index (κ1) is 19.7. The van der Waals surface area contributed by atoms with Crippen molar-refractivity contribution in [3.63, 3.8) is 0 Å². The molecule has 1 aliphatic rings. The van der Waals surface area contributed by atoms with Crippen molar-refractivity contribution in [1.29, 1.82) is 0 Å². The number of carbonyl (C=O) groups is 2. The summed E-state index contributed by atoms with van der Waals surface area (Å²) in [7, 11) is 0. The SMILES string of the molecule is CCOc1cc(NC(=O)C2CC2)c(OCC)cc1NC(=O)c1cccc(C)c1. The van der Waals surface area contributed by atoms with E-state index >= 15 is 0 Å². The fraction of sp³-hybridized carbons (Fsp3) is 0.364. The maximum absolute atomic E-state index is 12.7. The van der Waals surface area contributed by atoms with Gasteiger partial charge in [0.25, 0.3) is 5.91 Å². The number of hydrogen-bond acceptors (Lipinski definition) is 4. The van der Waals surface area contributed by atoms with Gasteiger partial charge in [-0.2, -0.15) is 0 Å². The number of amides is 2. The molecule has 0 radical (unpaired) electrons. The van der Waals surface area contributed by atoms with E-state index in [1.807, 2.05) is 39.0 Å². The smallest absolute Gasteiger partial charge is 0.255 e. The van der Waals surface area contributed by atoms with Crippen LogP contribution in [0.15, 0.2) is 36.4 Å². The van der Waals surface area contributed by atoms with Crippen molar-refractivity contribution in [3.8, 4) is 11.5 Å². The molecule has 1 aliphatic carbocycles. The highest BCUT2D eigenvalue weighted by Crippen LogP contribution is 2.39. The monoisotopic (exact) mass is 382 g/mol. The van der Waals surface area contributed by atoms with Gasteiger partial charge in [-0.1, -0.05) is 17.7 Å². The van der Waals surface area contributed by atoms with E-state index < -0.39 is 0 Å². The van der Waals surface area contributed by atoms with E-state index in [0.29, 0.717) is 41.7 Å². The summed E-state index contributed by atoms with van der Waals surface area (Å²) in [6.45, 7) is 6.54. The fourth-order valence-electron chi connectivity index (χ4n) is 2.87. The van der Waals surface area contributed by atoms with Crippen molar-refractivity contribution >= 4 is 23.2 Å². The summed E-state index contributed by atoms with van der Waals surface area (Å²) >= 11 is 0. The second-order valence-corrected chi connectivity index (χ2v) is 6.80. The van der Waals surface area contributed by atoms with E-state index in [0.717, 1.165) is 18.4 Å². The van der Waals surface area contributed by atoms with Gasteiger partial charge in [-0.15, -0.1) is 0 Å². The molecule has 0 bridgehead atoms. The van der Waals surface area contributed by atoms with Crippen LogP contribution in [0.25, 0.3) is 0 Å². The first-order valence-corrected chi connectivity index (χ1v) is 9.64. The van der Waals surface area contributed by atoms with Crippen molar-refractivity contribution in [3.05, 3.63) is 47.5 Å². The number of hydrogen-bond donors (Lipinski definition) is 2. The molecule has 0 aromatic heterocycles. The van der Waals surface area contributed by atoms with Gasteiger partial charge in [-0.05, 0) is 45.7 Å². The Labute approximate surface area is 165 Å². The standard InChI is InChI=1S/C22H26N2O4/c1-4-27-19-13-18(24-22(26)16-8-6-7-14(3)11-16)20(28-5-2)12-17(19)23-21(25)15-9-10-15/h6-8,11-13,15H,4-5,9-10H2,1-3H3,(H,23,25)(H,24,26). The minimum absolute atomic E-state index is 0.0139. The van der Waals surface area contributed by atoms with Gasteiger partial charge in [-0.25, -0.2) is 0 Å². The number of anilines is 2. The molecule has 0 atom stereocenters. The molecule has 28 heavy (non-hydrogen) atoms. The number of nitrogens with one attached hydrogen (secondary N) is 2. The van der Waals surface area contributed by atoms with Gasteiger partial charge in [0.15, 0.2) is 0 Å². The van der Waals surface area contributed by atoms with Gasteiger partial charge in [0.05, 0.1) is 24.6 Å². The van der Waals surface area contributed by atoms with Crippen LogP contribution < -0.4 is 20.1 Å². The lowest BCUT2D eigenvalue weighted by Gasteiger charge is -2.18. The Bertz CT molecular complexity index is 875. The number of benzene rings is 2. The van der Waals surface area contributed by atoms with Crippen LogP contribution in [0.1, 0.15) is 42.6 Å². The van der Waals surface area contributed by atoms with Crippen LogP contribution in [0.2, 0.25) is 0 Å². The molecule has 2 amide bonds. The van der Waals surface area contributed by atoms with Crippen molar-refractivity contribution in [2.75, 3.05) is 23.8 Å². The average Bonchev–Trinajstić information content (AvgIpc) is 3.50. The minimum Gasteiger partial charge on any atom is -0.492 e. The van der Waals surface area contributed by atoms with Crippen LogP contribution in [0.4, 0.5) is 11.4 Å². The fourth-order valence-corrected chi connectivity index (χ4v) is 2.87. The third-order valence-corrected chi connectivity index (χ3v) is 4.42. The van der Waals surface area contributed by atoms with Gasteiger partial charge < -0.3 is 20.1 Å². The largest absolute Gasteiger partial charge is 0.492 e. The van der Waals surface area contributed by atoms with E-state index in [9.17, 15) is 9.59 Å². The summed E-state index contributed by atoms with van der Waals surface area (Å²) in [6, 6.07) is 10.8. The van der Waals surface area contributed by atoms with Gasteiger partial charge in [0.1, 0.15) is 11.5 Å². The molecule has 6 heteroatoms. The molecule has 0 spiro atoms. The lowest BCUT2D eigenvalue weighted by molar-refractivity contribution is -0.117. The summed E-state index contributed by atoms with van der Waals surface area (Å²) in [5, 5.41) is 5.82. The summed E-state index contributed by atoms with van der Waals surface area (Å²) < 4.78 is 11.4. The van der Waals surface area contributed by atoms with Crippen LogP contribution in [0, 0.1) is 12.8 Å². The molecule has 2 N–H and O–H groups in total. The lowest BCUT2D eigenvalue weighted by atomic mass is 10.1. The minimum atomic E-state index is -0.234. The number of carbonyl (C=O) groups excluding carboxylic acids is 2. The maximum Gasteiger partial charge on any atom is 0.255 e. The summed E-state index contributed by atoms with van der Waals surface area (Å²) in [5.41, 5.74) is 2.62. The zero-order chi connectivity index (χ0) is 20.1. The van der Waals surface area contributed by atoms with Crippen molar-refractivity contribution in [1.82, 2.24) is 0 Å². The Hall–Kier alpha value is -3.02. The third-order valence-electron chi connectivity index (χ3n) is 4.42. The second-order valence-electron chi connectivity index (χ2n) is 6.80. The van der Waals surface area contributed by atoms with E-state index in [-0.39, 0.29) is 17.7 Å². The molecule has 148 valence electrons. The molecular formula is C22H26N2O4. The Morgan fingerprint density at radius 2 is 1.57 bits per heavy atom. The van der Waals surface area contributed by atoms with Crippen LogP contribution in [0.3, 0.4) is 0 Å². The predicted molar refractivity (Wildman–Crippen MR) is 109 cm³/mol. The molecule has 1 fully saturated rings. The van der Waals surface area contributed by atoms with Gasteiger partial charge >= 0.3 is 0 Å². The summed E-state index contributed by atoms with van der Waals surface area (Å²) in [4.78, 5) is 24.9. The van der Waals surface area contributed by atoms with E-state index in [4.69, 9.17) is 9.47 Å². The topological polar surface area (TPSA) is 76.7 Å². The van der Waals surface area contributed by atoms with Gasteiger partial charge in [-0.3, -0.25) is 9.59 Å². The molecule has 2 aromatic carbocycles. The average molecular weight is 382 g/mol. The molecule has 0 unspecified atom stereocenters. The van der Waals surface area contributed by atoms with E-state index in [2.05, 4.69) is 10.6 Å². The summed E-state index contributed by atoms with van der Waals surface area (Å²) in [6.07, 6.45) is 1.83. The first-order valence-electron chi connectivity index (χ1n) is 9.64. The second kappa shape index (κ2) is 8.78. The van der Waals surface area contributed by atoms with Crippen LogP contribution in [-0.4, -0.2) is 25.0 Å². The molecule has 6 nitrogen and oxygen atoms in total. The van der Waals surface area contributed by atoms with Crippen molar-refractivity contribution in [2.45, 2.75) is 33.6 Å². The number of ether oxygens (including phenoxy) is 2. The summed E-state index contributed by atoms with van der Waals surface area (Å²) in [5.74, 6) is 0.810. The Balaban J connectivity index is 1.90. The zero-order valence-electron chi connectivity index (χ0n) is 16.5. The van der Waals surface area contributed by atoms with Gasteiger partial charge in [0, 0.05) is 23.6 Å². The highest BCUT2D eigenvalue weighted by atomic mass is 16.5. The first-order chi connectivity index (χ1) is 13.5. The molecule has 0 saturated heterocycles. The molecule has 0 heterocycles. The molecule has 1 saturated carbocycles. The molecule has 0 aliphatic heterocycles. The van der Waals surface area contributed by atoms with E-state index in [1.165, 1.54) is 0 Å². The Kier molecular flexibility index (Phi) is 6.19. The Morgan fingerprint density at radius 3 is 2.11 bits per heavy atom. The maximum atomic E-state index is 12.7. The molecular weight excluding hydrogens is 356 g/mol. The molecule has 2 aromatic rings. The van der Waals surface area contributed by atoms with Crippen molar-refractivity contribution in [2.24, 2.45) is 5.92 Å². The third kappa shape index (κ3) is 4.82. The number of aryl methyl sites for hydroxylation is 1. The van der Waals surface area contributed by atoms with Crippen LogP contribution >= 0.6 is 0 Å². The van der Waals surface area contributed by atoms with Crippen LogP contribution in [-0.2, 0) is 4.79 Å². The lowest BCUT2D eigenvalue weighted by Crippen LogP contribution is -2.16. The predicted octanol–water partition coefficient (Wildman–Crippen LogP) is 4.39. The highest BCUT2D eigenvalue weighted by Gasteiger charge is 2.30. The van der Waals surface area contributed by atoms with Crippen LogP contribution in [0.5, 0.6) is 11.5 Å². The zero-order valence-corrected chi connectivity index (χ0v) is 16.5. The van der Waals surface area contributed by atoms with E-state index in [1.54, 1.807) is 18.2 Å². The quantitative estimate of drug-likeness (QED) is 0.710. The normalized spacial score (nSPS) is 13.0. The highest BCUT2D eigenvalue weighted by molar-refractivity contribution is 6.06. The van der Waals surface area contributed by atoms with Gasteiger partial charge in [0.2, 0.25) is 5.91 Å². The molecule has 3 rings (SSSR count).